The molecule has 0 spiro atoms. The number of rotatable bonds is 6. The Hall–Kier alpha value is -2.00. The number of nitrogens with zero attached hydrogens (tertiary/aromatic N) is 2. The zero-order valence-corrected chi connectivity index (χ0v) is 13.9. The molecule has 3 heteroatoms. The quantitative estimate of drug-likeness (QED) is 0.742. The van der Waals surface area contributed by atoms with E-state index in [1.165, 1.54) is 11.3 Å². The summed E-state index contributed by atoms with van der Waals surface area (Å²) in [4.78, 5) is 4.69. The van der Waals surface area contributed by atoms with Crippen LogP contribution in [0.3, 0.4) is 0 Å². The molecule has 22 heavy (non-hydrogen) atoms. The van der Waals surface area contributed by atoms with Crippen LogP contribution in [0.15, 0.2) is 60.2 Å². The summed E-state index contributed by atoms with van der Waals surface area (Å²) in [5, 5.41) is 0. The number of benzene rings is 1. The number of anilines is 1. The Labute approximate surface area is 134 Å². The lowest BCUT2D eigenvalue weighted by Crippen LogP contribution is -2.22. The van der Waals surface area contributed by atoms with E-state index in [4.69, 9.17) is 4.74 Å². The first-order chi connectivity index (χ1) is 10.6. The van der Waals surface area contributed by atoms with E-state index in [2.05, 4.69) is 54.6 Å². The highest BCUT2D eigenvalue weighted by atomic mass is 16.5. The van der Waals surface area contributed by atoms with Crippen molar-refractivity contribution in [3.05, 3.63) is 60.2 Å². The van der Waals surface area contributed by atoms with E-state index >= 15 is 0 Å². The van der Waals surface area contributed by atoms with Gasteiger partial charge in [-0.2, -0.15) is 0 Å². The summed E-state index contributed by atoms with van der Waals surface area (Å²) in [6.45, 7) is 11.7. The molecule has 1 aromatic carbocycles. The minimum absolute atomic E-state index is 0.604. The Morgan fingerprint density at radius 3 is 2.50 bits per heavy atom. The molecule has 0 atom stereocenters. The van der Waals surface area contributed by atoms with Gasteiger partial charge in [-0.1, -0.05) is 30.4 Å². The Balaban J connectivity index is 1.87. The molecule has 1 heterocycles. The number of ether oxygens (including phenoxy) is 1. The molecule has 0 bridgehead atoms. The lowest BCUT2D eigenvalue weighted by molar-refractivity contribution is 0.352. The van der Waals surface area contributed by atoms with Crippen molar-refractivity contribution in [2.45, 2.75) is 13.8 Å². The van der Waals surface area contributed by atoms with E-state index in [1.807, 2.05) is 25.1 Å². The summed E-state index contributed by atoms with van der Waals surface area (Å²) in [6.07, 6.45) is 5.98. The van der Waals surface area contributed by atoms with Gasteiger partial charge in [0.2, 0.25) is 0 Å². The van der Waals surface area contributed by atoms with Crippen LogP contribution in [0.4, 0.5) is 5.69 Å². The SMILES string of the molecule is C=C/C(C)=C/C=C(\C)COc1ccc(N2CCN(C)C2)cc1. The molecular weight excluding hydrogens is 272 g/mol. The van der Waals surface area contributed by atoms with Gasteiger partial charge in [0.05, 0.1) is 6.67 Å². The fourth-order valence-electron chi connectivity index (χ4n) is 2.28. The van der Waals surface area contributed by atoms with Crippen molar-refractivity contribution in [1.29, 1.82) is 0 Å². The molecular formula is C19H26N2O. The van der Waals surface area contributed by atoms with E-state index in [-0.39, 0.29) is 0 Å². The number of hydrogen-bond acceptors (Lipinski definition) is 3. The van der Waals surface area contributed by atoms with Crippen LogP contribution < -0.4 is 9.64 Å². The molecule has 1 aliphatic heterocycles. The van der Waals surface area contributed by atoms with E-state index in [9.17, 15) is 0 Å². The third-order valence-corrected chi connectivity index (χ3v) is 3.78. The van der Waals surface area contributed by atoms with Crippen LogP contribution in [-0.2, 0) is 0 Å². The molecule has 0 N–H and O–H groups in total. The van der Waals surface area contributed by atoms with Gasteiger partial charge in [0, 0.05) is 18.8 Å². The zero-order chi connectivity index (χ0) is 15.9. The van der Waals surface area contributed by atoms with Gasteiger partial charge in [-0.05, 0) is 50.7 Å². The molecule has 0 amide bonds. The third-order valence-electron chi connectivity index (χ3n) is 3.78. The molecule has 1 aliphatic rings. The number of likely N-dealkylation sites (N-methyl/N-ethyl adjacent to an activating group) is 1. The lowest BCUT2D eigenvalue weighted by Gasteiger charge is -2.18. The number of hydrogen-bond donors (Lipinski definition) is 0. The molecule has 0 unspecified atom stereocenters. The normalized spacial score (nSPS) is 17.0. The molecule has 0 saturated carbocycles. The highest BCUT2D eigenvalue weighted by molar-refractivity contribution is 5.49. The van der Waals surface area contributed by atoms with Crippen molar-refractivity contribution in [3.63, 3.8) is 0 Å². The van der Waals surface area contributed by atoms with Gasteiger partial charge < -0.3 is 9.64 Å². The van der Waals surface area contributed by atoms with Crippen molar-refractivity contribution in [2.24, 2.45) is 0 Å². The van der Waals surface area contributed by atoms with Crippen molar-refractivity contribution in [1.82, 2.24) is 4.90 Å². The van der Waals surface area contributed by atoms with Gasteiger partial charge in [-0.15, -0.1) is 0 Å². The minimum atomic E-state index is 0.604. The highest BCUT2D eigenvalue weighted by Gasteiger charge is 2.16. The van der Waals surface area contributed by atoms with Crippen molar-refractivity contribution in [2.75, 3.05) is 38.3 Å². The van der Waals surface area contributed by atoms with Gasteiger partial charge in [0.25, 0.3) is 0 Å². The summed E-state index contributed by atoms with van der Waals surface area (Å²) >= 11 is 0. The molecule has 0 aliphatic carbocycles. The lowest BCUT2D eigenvalue weighted by atomic mass is 10.2. The van der Waals surface area contributed by atoms with E-state index in [1.54, 1.807) is 0 Å². The molecule has 3 nitrogen and oxygen atoms in total. The van der Waals surface area contributed by atoms with Crippen LogP contribution in [0.2, 0.25) is 0 Å². The van der Waals surface area contributed by atoms with E-state index < -0.39 is 0 Å². The van der Waals surface area contributed by atoms with Gasteiger partial charge in [0.1, 0.15) is 12.4 Å². The highest BCUT2D eigenvalue weighted by Crippen LogP contribution is 2.21. The first-order valence-corrected chi connectivity index (χ1v) is 7.71. The summed E-state index contributed by atoms with van der Waals surface area (Å²) < 4.78 is 5.82. The molecule has 1 saturated heterocycles. The van der Waals surface area contributed by atoms with Gasteiger partial charge in [-0.25, -0.2) is 0 Å². The van der Waals surface area contributed by atoms with Crippen LogP contribution >= 0.6 is 0 Å². The fraction of sp³-hybridized carbons (Fsp3) is 0.368. The Morgan fingerprint density at radius 1 is 1.18 bits per heavy atom. The van der Waals surface area contributed by atoms with Crippen LogP contribution in [0.25, 0.3) is 0 Å². The predicted octanol–water partition coefficient (Wildman–Crippen LogP) is 3.85. The fourth-order valence-corrected chi connectivity index (χ4v) is 2.28. The van der Waals surface area contributed by atoms with E-state index in [0.717, 1.165) is 31.1 Å². The van der Waals surface area contributed by atoms with Crippen LogP contribution in [0.1, 0.15) is 13.8 Å². The molecule has 0 aromatic heterocycles. The molecule has 1 fully saturated rings. The Bertz CT molecular complexity index is 557. The average Bonchev–Trinajstić information content (AvgIpc) is 2.97. The van der Waals surface area contributed by atoms with Crippen molar-refractivity contribution >= 4 is 5.69 Å². The predicted molar refractivity (Wildman–Crippen MR) is 94.5 cm³/mol. The molecule has 1 aromatic rings. The van der Waals surface area contributed by atoms with Gasteiger partial charge >= 0.3 is 0 Å². The second-order valence-electron chi connectivity index (χ2n) is 5.89. The second kappa shape index (κ2) is 7.85. The Morgan fingerprint density at radius 2 is 1.91 bits per heavy atom. The largest absolute Gasteiger partial charge is 0.489 e. The topological polar surface area (TPSA) is 15.7 Å². The van der Waals surface area contributed by atoms with E-state index in [0.29, 0.717) is 6.61 Å². The maximum absolute atomic E-state index is 5.82. The zero-order valence-electron chi connectivity index (χ0n) is 13.9. The van der Waals surface area contributed by atoms with Crippen molar-refractivity contribution < 1.29 is 4.74 Å². The summed E-state index contributed by atoms with van der Waals surface area (Å²) in [7, 11) is 2.15. The standard InChI is InChI=1S/C19H26N2O/c1-5-16(2)6-7-17(3)14-22-19-10-8-18(9-11-19)21-13-12-20(4)15-21/h5-11H,1,12-15H2,2-4H3/b16-6+,17-7+. The van der Waals surface area contributed by atoms with Gasteiger partial charge in [0.15, 0.2) is 0 Å². The third kappa shape index (κ3) is 4.78. The minimum Gasteiger partial charge on any atom is -0.489 e. The first kappa shape index (κ1) is 16.4. The summed E-state index contributed by atoms with van der Waals surface area (Å²) in [5.41, 5.74) is 3.60. The maximum atomic E-state index is 5.82. The average molecular weight is 298 g/mol. The second-order valence-corrected chi connectivity index (χ2v) is 5.89. The molecule has 0 radical (unpaired) electrons. The summed E-state index contributed by atoms with van der Waals surface area (Å²) in [6, 6.07) is 8.36. The molecule has 118 valence electrons. The maximum Gasteiger partial charge on any atom is 0.119 e. The summed E-state index contributed by atoms with van der Waals surface area (Å²) in [5.74, 6) is 0.911. The number of allylic oxidation sites excluding steroid dienone is 4. The Kier molecular flexibility index (Phi) is 5.84. The smallest absolute Gasteiger partial charge is 0.119 e. The van der Waals surface area contributed by atoms with Crippen LogP contribution in [0.5, 0.6) is 5.75 Å². The van der Waals surface area contributed by atoms with Gasteiger partial charge in [-0.3, -0.25) is 4.90 Å². The molecule has 2 rings (SSSR count). The first-order valence-electron chi connectivity index (χ1n) is 7.71. The van der Waals surface area contributed by atoms with Crippen molar-refractivity contribution in [3.8, 4) is 5.75 Å². The van der Waals surface area contributed by atoms with Crippen LogP contribution in [-0.4, -0.2) is 38.3 Å². The van der Waals surface area contributed by atoms with Crippen LogP contribution in [0, 0.1) is 0 Å². The monoisotopic (exact) mass is 298 g/mol.